The third kappa shape index (κ3) is 4.76. The zero-order chi connectivity index (χ0) is 16.8. The van der Waals surface area contributed by atoms with E-state index < -0.39 is 0 Å². The minimum Gasteiger partial charge on any atom is -0.497 e. The molecule has 0 aromatic heterocycles. The molecule has 2 rings (SSSR count). The predicted molar refractivity (Wildman–Crippen MR) is 96.0 cm³/mol. The van der Waals surface area contributed by atoms with Crippen LogP contribution in [0.2, 0.25) is 0 Å². The maximum atomic E-state index is 12.4. The molecule has 0 saturated heterocycles. The van der Waals surface area contributed by atoms with Crippen LogP contribution in [0, 0.1) is 6.92 Å². The molecule has 0 radical (unpaired) electrons. The summed E-state index contributed by atoms with van der Waals surface area (Å²) in [6, 6.07) is 15.9. The highest BCUT2D eigenvalue weighted by molar-refractivity contribution is 8.00. The summed E-state index contributed by atoms with van der Waals surface area (Å²) >= 11 is 1.54. The Bertz CT molecular complexity index is 655. The Kier molecular flexibility index (Phi) is 6.11. The van der Waals surface area contributed by atoms with Gasteiger partial charge in [0, 0.05) is 4.90 Å². The largest absolute Gasteiger partial charge is 0.497 e. The number of hydrogen-bond acceptors (Lipinski definition) is 3. The lowest BCUT2D eigenvalue weighted by Crippen LogP contribution is -2.33. The molecule has 0 saturated carbocycles. The molecule has 2 aromatic carbocycles. The maximum Gasteiger partial charge on any atom is 0.233 e. The summed E-state index contributed by atoms with van der Waals surface area (Å²) in [4.78, 5) is 13.5. The molecule has 0 bridgehead atoms. The van der Waals surface area contributed by atoms with Crippen LogP contribution in [0.3, 0.4) is 0 Å². The molecule has 0 aliphatic heterocycles. The Labute approximate surface area is 142 Å². The molecule has 2 aromatic rings. The fourth-order valence-electron chi connectivity index (χ4n) is 2.39. The van der Waals surface area contributed by atoms with Crippen molar-refractivity contribution < 1.29 is 9.53 Å². The third-order valence-corrected chi connectivity index (χ3v) is 4.87. The van der Waals surface area contributed by atoms with Crippen LogP contribution in [-0.4, -0.2) is 18.3 Å². The lowest BCUT2D eigenvalue weighted by atomic mass is 10.0. The first-order valence-electron chi connectivity index (χ1n) is 7.68. The lowest BCUT2D eigenvalue weighted by Gasteiger charge is -2.19. The molecule has 0 heterocycles. The van der Waals surface area contributed by atoms with E-state index >= 15 is 0 Å². The number of nitrogens with one attached hydrogen (secondary N) is 1. The molecule has 122 valence electrons. The number of carbonyl (C=O) groups is 1. The second-order valence-corrected chi connectivity index (χ2v) is 6.94. The van der Waals surface area contributed by atoms with Crippen molar-refractivity contribution in [2.24, 2.45) is 0 Å². The molecule has 0 fully saturated rings. The fourth-order valence-corrected chi connectivity index (χ4v) is 3.27. The molecular formula is C19H23NO2S. The molecule has 2 unspecified atom stereocenters. The summed E-state index contributed by atoms with van der Waals surface area (Å²) in [6.45, 7) is 6.01. The number of amides is 1. The summed E-state index contributed by atoms with van der Waals surface area (Å²) in [5.74, 6) is 0.862. The van der Waals surface area contributed by atoms with Gasteiger partial charge in [-0.3, -0.25) is 4.79 Å². The molecule has 2 atom stereocenters. The average molecular weight is 329 g/mol. The van der Waals surface area contributed by atoms with Gasteiger partial charge in [-0.25, -0.2) is 0 Å². The van der Waals surface area contributed by atoms with Crippen molar-refractivity contribution in [1.82, 2.24) is 5.32 Å². The minimum atomic E-state index is -0.158. The quantitative estimate of drug-likeness (QED) is 0.800. The van der Waals surface area contributed by atoms with Gasteiger partial charge in [0.05, 0.1) is 18.4 Å². The van der Waals surface area contributed by atoms with Crippen molar-refractivity contribution in [2.45, 2.75) is 37.0 Å². The average Bonchev–Trinajstić information content (AvgIpc) is 2.55. The number of rotatable bonds is 6. The van der Waals surface area contributed by atoms with Gasteiger partial charge in [0.15, 0.2) is 0 Å². The monoisotopic (exact) mass is 329 g/mol. The smallest absolute Gasteiger partial charge is 0.233 e. The van der Waals surface area contributed by atoms with Crippen LogP contribution in [0.4, 0.5) is 0 Å². The number of carbonyl (C=O) groups excluding carboxylic acids is 1. The Morgan fingerprint density at radius 2 is 1.74 bits per heavy atom. The first-order valence-corrected chi connectivity index (χ1v) is 8.56. The summed E-state index contributed by atoms with van der Waals surface area (Å²) in [5, 5.41) is 2.94. The van der Waals surface area contributed by atoms with Crippen molar-refractivity contribution in [3.63, 3.8) is 0 Å². The van der Waals surface area contributed by atoms with Crippen molar-refractivity contribution in [3.8, 4) is 5.75 Å². The van der Waals surface area contributed by atoms with E-state index in [9.17, 15) is 4.79 Å². The van der Waals surface area contributed by atoms with Gasteiger partial charge in [-0.05, 0) is 56.2 Å². The molecule has 0 aliphatic carbocycles. The van der Waals surface area contributed by atoms with Crippen molar-refractivity contribution in [2.75, 3.05) is 7.11 Å². The highest BCUT2D eigenvalue weighted by atomic mass is 32.2. The summed E-state index contributed by atoms with van der Waals surface area (Å²) in [6.07, 6.45) is 0. The topological polar surface area (TPSA) is 38.3 Å². The number of hydrogen-bond donors (Lipinski definition) is 1. The molecule has 1 amide bonds. The Hall–Kier alpha value is -1.94. The van der Waals surface area contributed by atoms with Crippen LogP contribution in [0.25, 0.3) is 0 Å². The highest BCUT2D eigenvalue weighted by Crippen LogP contribution is 2.26. The zero-order valence-electron chi connectivity index (χ0n) is 14.0. The Balaban J connectivity index is 1.95. The standard InChI is InChI=1S/C19H23NO2S/c1-13-7-5-6-8-18(13)14(2)20-19(21)15(3)23-17-11-9-16(22-4)10-12-17/h5-12,14-15H,1-4H3,(H,20,21). The number of methoxy groups -OCH3 is 1. The highest BCUT2D eigenvalue weighted by Gasteiger charge is 2.18. The molecule has 1 N–H and O–H groups in total. The Morgan fingerprint density at radius 1 is 1.09 bits per heavy atom. The molecule has 4 heteroatoms. The third-order valence-electron chi connectivity index (χ3n) is 3.76. The van der Waals surface area contributed by atoms with Gasteiger partial charge in [-0.15, -0.1) is 11.8 Å². The maximum absolute atomic E-state index is 12.4. The number of benzene rings is 2. The van der Waals surface area contributed by atoms with E-state index in [0.717, 1.165) is 16.2 Å². The van der Waals surface area contributed by atoms with E-state index in [-0.39, 0.29) is 17.2 Å². The lowest BCUT2D eigenvalue weighted by molar-refractivity contribution is -0.120. The summed E-state index contributed by atoms with van der Waals surface area (Å²) in [7, 11) is 1.64. The Morgan fingerprint density at radius 3 is 2.35 bits per heavy atom. The van der Waals surface area contributed by atoms with Crippen molar-refractivity contribution >= 4 is 17.7 Å². The first kappa shape index (κ1) is 17.4. The van der Waals surface area contributed by atoms with Crippen LogP contribution < -0.4 is 10.1 Å². The molecule has 0 aliphatic rings. The SMILES string of the molecule is COc1ccc(SC(C)C(=O)NC(C)c2ccccc2C)cc1. The number of aryl methyl sites for hydroxylation is 1. The van der Waals surface area contributed by atoms with Crippen LogP contribution >= 0.6 is 11.8 Å². The van der Waals surface area contributed by atoms with E-state index in [1.54, 1.807) is 18.9 Å². The van der Waals surface area contributed by atoms with Crippen LogP contribution in [-0.2, 0) is 4.79 Å². The molecule has 23 heavy (non-hydrogen) atoms. The van der Waals surface area contributed by atoms with E-state index in [1.807, 2.05) is 50.2 Å². The van der Waals surface area contributed by atoms with Crippen LogP contribution in [0.1, 0.15) is 31.0 Å². The van der Waals surface area contributed by atoms with Gasteiger partial charge in [-0.1, -0.05) is 24.3 Å². The van der Waals surface area contributed by atoms with Crippen LogP contribution in [0.15, 0.2) is 53.4 Å². The van der Waals surface area contributed by atoms with Gasteiger partial charge in [0.1, 0.15) is 5.75 Å². The van der Waals surface area contributed by atoms with Gasteiger partial charge in [-0.2, -0.15) is 0 Å². The normalized spacial score (nSPS) is 13.2. The zero-order valence-corrected chi connectivity index (χ0v) is 14.8. The van der Waals surface area contributed by atoms with E-state index in [1.165, 1.54) is 5.56 Å². The minimum absolute atomic E-state index is 0.00242. The van der Waals surface area contributed by atoms with Crippen molar-refractivity contribution in [1.29, 1.82) is 0 Å². The van der Waals surface area contributed by atoms with E-state index in [4.69, 9.17) is 4.74 Å². The van der Waals surface area contributed by atoms with Gasteiger partial charge in [0.2, 0.25) is 5.91 Å². The second-order valence-electron chi connectivity index (χ2n) is 5.52. The van der Waals surface area contributed by atoms with Gasteiger partial charge < -0.3 is 10.1 Å². The van der Waals surface area contributed by atoms with E-state index in [0.29, 0.717) is 0 Å². The summed E-state index contributed by atoms with van der Waals surface area (Å²) < 4.78 is 5.15. The van der Waals surface area contributed by atoms with E-state index in [2.05, 4.69) is 24.4 Å². The van der Waals surface area contributed by atoms with Crippen molar-refractivity contribution in [3.05, 3.63) is 59.7 Å². The predicted octanol–water partition coefficient (Wildman–Crippen LogP) is 4.36. The van der Waals surface area contributed by atoms with Gasteiger partial charge >= 0.3 is 0 Å². The number of thioether (sulfide) groups is 1. The van der Waals surface area contributed by atoms with Crippen LogP contribution in [0.5, 0.6) is 5.75 Å². The second kappa shape index (κ2) is 8.06. The number of ether oxygens (including phenoxy) is 1. The van der Waals surface area contributed by atoms with Gasteiger partial charge in [0.25, 0.3) is 0 Å². The molecule has 0 spiro atoms. The first-order chi connectivity index (χ1) is 11.0. The summed E-state index contributed by atoms with van der Waals surface area (Å²) in [5.41, 5.74) is 2.35. The fraction of sp³-hybridized carbons (Fsp3) is 0.316. The molecular weight excluding hydrogens is 306 g/mol. The molecule has 3 nitrogen and oxygen atoms in total.